The molecular formula is C7H12OS. The van der Waals surface area contributed by atoms with Crippen LogP contribution in [0.25, 0.3) is 0 Å². The van der Waals surface area contributed by atoms with E-state index in [1.54, 1.807) is 0 Å². The fourth-order valence-corrected chi connectivity index (χ4v) is 2.93. The van der Waals surface area contributed by atoms with E-state index in [9.17, 15) is 0 Å². The zero-order chi connectivity index (χ0) is 6.10. The molecule has 1 nitrogen and oxygen atoms in total. The third-order valence-corrected chi connectivity index (χ3v) is 3.66. The summed E-state index contributed by atoms with van der Waals surface area (Å²) in [5.41, 5.74) is 0. The summed E-state index contributed by atoms with van der Waals surface area (Å²) >= 11 is 2.11. The molecule has 0 aromatic heterocycles. The van der Waals surface area contributed by atoms with Gasteiger partial charge in [-0.3, -0.25) is 0 Å². The SMILES string of the molecule is C1CSC2COCC2C1. The van der Waals surface area contributed by atoms with Gasteiger partial charge in [0.05, 0.1) is 13.2 Å². The molecule has 0 aromatic rings. The summed E-state index contributed by atoms with van der Waals surface area (Å²) in [7, 11) is 0. The minimum atomic E-state index is 0.860. The lowest BCUT2D eigenvalue weighted by atomic mass is 10.0. The summed E-state index contributed by atoms with van der Waals surface area (Å²) < 4.78 is 5.37. The maximum Gasteiger partial charge on any atom is 0.0588 e. The molecule has 2 heteroatoms. The summed E-state index contributed by atoms with van der Waals surface area (Å²) in [5, 5.41) is 0.860. The van der Waals surface area contributed by atoms with E-state index >= 15 is 0 Å². The highest BCUT2D eigenvalue weighted by molar-refractivity contribution is 8.00. The Bertz CT molecular complexity index is 93.1. The normalized spacial score (nSPS) is 42.7. The molecule has 9 heavy (non-hydrogen) atoms. The number of thioether (sulfide) groups is 1. The van der Waals surface area contributed by atoms with E-state index in [-0.39, 0.29) is 0 Å². The molecular weight excluding hydrogens is 132 g/mol. The second-order valence-corrected chi connectivity index (χ2v) is 4.20. The van der Waals surface area contributed by atoms with Crippen LogP contribution < -0.4 is 0 Å². The van der Waals surface area contributed by atoms with E-state index in [1.165, 1.54) is 18.6 Å². The smallest absolute Gasteiger partial charge is 0.0588 e. The van der Waals surface area contributed by atoms with Crippen LogP contribution in [0, 0.1) is 5.92 Å². The van der Waals surface area contributed by atoms with Crippen molar-refractivity contribution in [2.24, 2.45) is 5.92 Å². The number of ether oxygens (including phenoxy) is 1. The minimum absolute atomic E-state index is 0.860. The molecule has 0 aliphatic carbocycles. The average Bonchev–Trinajstić information content (AvgIpc) is 2.33. The molecule has 0 radical (unpaired) electrons. The highest BCUT2D eigenvalue weighted by Gasteiger charge is 2.30. The molecule has 0 amide bonds. The first-order chi connectivity index (χ1) is 4.47. The lowest BCUT2D eigenvalue weighted by molar-refractivity contribution is 0.185. The molecule has 2 atom stereocenters. The largest absolute Gasteiger partial charge is 0.380 e. The Labute approximate surface area is 60.2 Å². The van der Waals surface area contributed by atoms with Gasteiger partial charge in [0, 0.05) is 5.25 Å². The molecule has 0 aromatic carbocycles. The third kappa shape index (κ3) is 1.10. The Balaban J connectivity index is 1.97. The maximum absolute atomic E-state index is 5.37. The van der Waals surface area contributed by atoms with E-state index in [2.05, 4.69) is 11.8 Å². The van der Waals surface area contributed by atoms with Crippen molar-refractivity contribution in [3.05, 3.63) is 0 Å². The molecule has 2 fully saturated rings. The van der Waals surface area contributed by atoms with Crippen LogP contribution in [0.2, 0.25) is 0 Å². The van der Waals surface area contributed by atoms with E-state index in [1.807, 2.05) is 0 Å². The molecule has 0 bridgehead atoms. The van der Waals surface area contributed by atoms with E-state index < -0.39 is 0 Å². The first-order valence-electron chi connectivity index (χ1n) is 3.66. The fourth-order valence-electron chi connectivity index (χ4n) is 1.61. The van der Waals surface area contributed by atoms with Crippen molar-refractivity contribution in [1.82, 2.24) is 0 Å². The number of fused-ring (bicyclic) bond motifs is 1. The van der Waals surface area contributed by atoms with Gasteiger partial charge < -0.3 is 4.74 Å². The van der Waals surface area contributed by atoms with Gasteiger partial charge in [-0.1, -0.05) is 0 Å². The predicted octanol–water partition coefficient (Wildman–Crippen LogP) is 1.53. The summed E-state index contributed by atoms with van der Waals surface area (Å²) in [6.45, 7) is 2.06. The van der Waals surface area contributed by atoms with Crippen molar-refractivity contribution >= 4 is 11.8 Å². The molecule has 2 unspecified atom stereocenters. The van der Waals surface area contributed by atoms with Crippen molar-refractivity contribution in [1.29, 1.82) is 0 Å². The van der Waals surface area contributed by atoms with Crippen LogP contribution in [0.5, 0.6) is 0 Å². The molecule has 0 saturated carbocycles. The summed E-state index contributed by atoms with van der Waals surface area (Å²) in [5.74, 6) is 2.27. The van der Waals surface area contributed by atoms with Gasteiger partial charge in [-0.2, -0.15) is 11.8 Å². The Kier molecular flexibility index (Phi) is 1.68. The Morgan fingerprint density at radius 2 is 2.33 bits per heavy atom. The van der Waals surface area contributed by atoms with Crippen LogP contribution in [0.3, 0.4) is 0 Å². The van der Waals surface area contributed by atoms with E-state index in [4.69, 9.17) is 4.74 Å². The molecule has 2 aliphatic rings. The Hall–Kier alpha value is 0.310. The molecule has 2 saturated heterocycles. The summed E-state index contributed by atoms with van der Waals surface area (Å²) in [6, 6.07) is 0. The molecule has 0 spiro atoms. The van der Waals surface area contributed by atoms with Gasteiger partial charge >= 0.3 is 0 Å². The standard InChI is InChI=1S/C7H12OS/c1-2-6-4-8-5-7(6)9-3-1/h6-7H,1-5H2. The lowest BCUT2D eigenvalue weighted by Gasteiger charge is -2.21. The topological polar surface area (TPSA) is 9.23 Å². The van der Waals surface area contributed by atoms with Gasteiger partial charge in [0.2, 0.25) is 0 Å². The van der Waals surface area contributed by atoms with Gasteiger partial charge in [0.15, 0.2) is 0 Å². The van der Waals surface area contributed by atoms with Gasteiger partial charge in [-0.15, -0.1) is 0 Å². The Morgan fingerprint density at radius 1 is 1.33 bits per heavy atom. The van der Waals surface area contributed by atoms with E-state index in [0.717, 1.165) is 24.4 Å². The van der Waals surface area contributed by atoms with Crippen molar-refractivity contribution in [3.63, 3.8) is 0 Å². The molecule has 2 aliphatic heterocycles. The quantitative estimate of drug-likeness (QED) is 0.510. The fraction of sp³-hybridized carbons (Fsp3) is 1.00. The van der Waals surface area contributed by atoms with Gasteiger partial charge in [0.1, 0.15) is 0 Å². The monoisotopic (exact) mass is 144 g/mol. The zero-order valence-electron chi connectivity index (χ0n) is 5.51. The van der Waals surface area contributed by atoms with Crippen molar-refractivity contribution in [2.75, 3.05) is 19.0 Å². The summed E-state index contributed by atoms with van der Waals surface area (Å²) in [4.78, 5) is 0. The van der Waals surface area contributed by atoms with Crippen molar-refractivity contribution in [3.8, 4) is 0 Å². The zero-order valence-corrected chi connectivity index (χ0v) is 6.32. The third-order valence-electron chi connectivity index (χ3n) is 2.19. The van der Waals surface area contributed by atoms with Crippen LogP contribution in [0.1, 0.15) is 12.8 Å². The lowest BCUT2D eigenvalue weighted by Crippen LogP contribution is -2.19. The highest BCUT2D eigenvalue weighted by Crippen LogP contribution is 2.34. The van der Waals surface area contributed by atoms with Crippen LogP contribution in [0.15, 0.2) is 0 Å². The predicted molar refractivity (Wildman–Crippen MR) is 39.8 cm³/mol. The minimum Gasteiger partial charge on any atom is -0.380 e. The first kappa shape index (κ1) is 6.05. The second-order valence-electron chi connectivity index (χ2n) is 2.85. The maximum atomic E-state index is 5.37. The molecule has 2 heterocycles. The number of rotatable bonds is 0. The molecule has 0 N–H and O–H groups in total. The van der Waals surface area contributed by atoms with Crippen LogP contribution >= 0.6 is 11.8 Å². The number of hydrogen-bond donors (Lipinski definition) is 0. The van der Waals surface area contributed by atoms with Crippen LogP contribution in [-0.4, -0.2) is 24.2 Å². The summed E-state index contributed by atoms with van der Waals surface area (Å²) in [6.07, 6.45) is 2.83. The molecule has 52 valence electrons. The first-order valence-corrected chi connectivity index (χ1v) is 4.71. The van der Waals surface area contributed by atoms with Crippen molar-refractivity contribution in [2.45, 2.75) is 18.1 Å². The Morgan fingerprint density at radius 3 is 3.22 bits per heavy atom. The van der Waals surface area contributed by atoms with Crippen LogP contribution in [-0.2, 0) is 4.74 Å². The molecule has 2 rings (SSSR count). The second kappa shape index (κ2) is 2.51. The van der Waals surface area contributed by atoms with Crippen molar-refractivity contribution < 1.29 is 4.74 Å². The van der Waals surface area contributed by atoms with Gasteiger partial charge in [-0.05, 0) is 24.5 Å². The number of hydrogen-bond acceptors (Lipinski definition) is 2. The highest BCUT2D eigenvalue weighted by atomic mass is 32.2. The van der Waals surface area contributed by atoms with Gasteiger partial charge in [-0.25, -0.2) is 0 Å². The average molecular weight is 144 g/mol. The van der Waals surface area contributed by atoms with E-state index in [0.29, 0.717) is 0 Å². The van der Waals surface area contributed by atoms with Crippen LogP contribution in [0.4, 0.5) is 0 Å². The van der Waals surface area contributed by atoms with Gasteiger partial charge in [0.25, 0.3) is 0 Å².